The average molecular weight is 330 g/mol. The van der Waals surface area contributed by atoms with Gasteiger partial charge in [0.2, 0.25) is 5.91 Å². The van der Waals surface area contributed by atoms with Crippen molar-refractivity contribution in [3.05, 3.63) is 40.7 Å². The first-order valence-electron chi connectivity index (χ1n) is 8.03. The highest BCUT2D eigenvalue weighted by atomic mass is 19.1. The maximum atomic E-state index is 13.4. The molecule has 0 fully saturated rings. The second-order valence-corrected chi connectivity index (χ2v) is 5.74. The number of nitrogens with one attached hydrogen (secondary N) is 2. The first kappa shape index (κ1) is 16.2. The molecule has 0 saturated heterocycles. The Morgan fingerprint density at radius 2 is 2.25 bits per heavy atom. The largest absolute Gasteiger partial charge is 0.356 e. The maximum Gasteiger partial charge on any atom is 0.277 e. The smallest absolute Gasteiger partial charge is 0.277 e. The summed E-state index contributed by atoms with van der Waals surface area (Å²) in [6.45, 7) is 2.96. The summed E-state index contributed by atoms with van der Waals surface area (Å²) in [4.78, 5) is 31.5. The van der Waals surface area contributed by atoms with Gasteiger partial charge in [0, 0.05) is 30.4 Å². The third-order valence-electron chi connectivity index (χ3n) is 3.97. The average Bonchev–Trinajstić information content (AvgIpc) is 2.93. The van der Waals surface area contributed by atoms with Crippen LogP contribution in [0.15, 0.2) is 29.3 Å². The molecule has 0 unspecified atom stereocenters. The van der Waals surface area contributed by atoms with Gasteiger partial charge in [-0.1, -0.05) is 13.3 Å². The monoisotopic (exact) mass is 330 g/mol. The van der Waals surface area contributed by atoms with Gasteiger partial charge in [-0.2, -0.15) is 0 Å². The third-order valence-corrected chi connectivity index (χ3v) is 3.97. The van der Waals surface area contributed by atoms with Crippen LogP contribution in [0.3, 0.4) is 0 Å². The maximum absolute atomic E-state index is 13.4. The molecule has 0 saturated carbocycles. The lowest BCUT2D eigenvalue weighted by atomic mass is 10.2. The standard InChI is InChI=1S/C17H19FN4O2/c1-2-3-7-19-14(23)6-8-22-10-20-15-12-9-11(18)4-5-13(12)21-16(15)17(22)24/h4-5,9-10,21H,2-3,6-8H2,1H3,(H,19,23). The lowest BCUT2D eigenvalue weighted by molar-refractivity contribution is -0.121. The van der Waals surface area contributed by atoms with Crippen LogP contribution in [0.5, 0.6) is 0 Å². The Labute approximate surface area is 137 Å². The first-order valence-corrected chi connectivity index (χ1v) is 8.03. The van der Waals surface area contributed by atoms with Crippen LogP contribution in [0.25, 0.3) is 21.9 Å². The summed E-state index contributed by atoms with van der Waals surface area (Å²) >= 11 is 0. The predicted octanol–water partition coefficient (Wildman–Crippen LogP) is 2.32. The van der Waals surface area contributed by atoms with Crippen LogP contribution in [0.4, 0.5) is 4.39 Å². The lowest BCUT2D eigenvalue weighted by Gasteiger charge is -2.06. The Balaban J connectivity index is 1.83. The molecule has 0 aliphatic carbocycles. The fourth-order valence-electron chi connectivity index (χ4n) is 2.64. The van der Waals surface area contributed by atoms with E-state index in [1.807, 2.05) is 0 Å². The minimum atomic E-state index is -0.377. The van der Waals surface area contributed by atoms with E-state index < -0.39 is 0 Å². The van der Waals surface area contributed by atoms with Gasteiger partial charge in [0.25, 0.3) is 5.56 Å². The summed E-state index contributed by atoms with van der Waals surface area (Å²) in [5, 5.41) is 3.39. The molecular weight excluding hydrogens is 311 g/mol. The number of aromatic amines is 1. The van der Waals surface area contributed by atoms with E-state index in [1.165, 1.54) is 23.0 Å². The second-order valence-electron chi connectivity index (χ2n) is 5.74. The summed E-state index contributed by atoms with van der Waals surface area (Å²) in [6.07, 6.45) is 3.57. The number of rotatable bonds is 6. The molecule has 2 N–H and O–H groups in total. The molecule has 1 amide bonds. The van der Waals surface area contributed by atoms with E-state index in [0.29, 0.717) is 28.5 Å². The van der Waals surface area contributed by atoms with E-state index in [9.17, 15) is 14.0 Å². The molecule has 0 radical (unpaired) electrons. The van der Waals surface area contributed by atoms with Crippen LogP contribution in [-0.2, 0) is 11.3 Å². The molecule has 3 rings (SSSR count). The number of unbranched alkanes of at least 4 members (excludes halogenated alkanes) is 1. The minimum absolute atomic E-state index is 0.0887. The molecule has 24 heavy (non-hydrogen) atoms. The number of amides is 1. The molecule has 1 aromatic carbocycles. The van der Waals surface area contributed by atoms with Crippen molar-refractivity contribution in [3.8, 4) is 0 Å². The number of H-pyrrole nitrogens is 1. The number of aryl methyl sites for hydroxylation is 1. The number of hydrogen-bond acceptors (Lipinski definition) is 3. The van der Waals surface area contributed by atoms with E-state index in [-0.39, 0.29) is 30.2 Å². The van der Waals surface area contributed by atoms with Gasteiger partial charge in [-0.15, -0.1) is 0 Å². The highest BCUT2D eigenvalue weighted by molar-refractivity contribution is 6.04. The summed E-state index contributed by atoms with van der Waals surface area (Å²) in [5.74, 6) is -0.465. The quantitative estimate of drug-likeness (QED) is 0.681. The Morgan fingerprint density at radius 3 is 3.04 bits per heavy atom. The van der Waals surface area contributed by atoms with Gasteiger partial charge < -0.3 is 10.3 Å². The number of carbonyl (C=O) groups excluding carboxylic acids is 1. The van der Waals surface area contributed by atoms with Gasteiger partial charge >= 0.3 is 0 Å². The second kappa shape index (κ2) is 6.82. The van der Waals surface area contributed by atoms with Gasteiger partial charge in [-0.3, -0.25) is 14.2 Å². The molecule has 7 heteroatoms. The van der Waals surface area contributed by atoms with E-state index in [4.69, 9.17) is 0 Å². The number of benzene rings is 1. The van der Waals surface area contributed by atoms with Crippen molar-refractivity contribution in [2.75, 3.05) is 6.54 Å². The van der Waals surface area contributed by atoms with E-state index >= 15 is 0 Å². The Morgan fingerprint density at radius 1 is 1.42 bits per heavy atom. The van der Waals surface area contributed by atoms with Crippen LogP contribution < -0.4 is 10.9 Å². The van der Waals surface area contributed by atoms with Crippen LogP contribution in [-0.4, -0.2) is 27.0 Å². The fourth-order valence-corrected chi connectivity index (χ4v) is 2.64. The topological polar surface area (TPSA) is 79.8 Å². The Bertz CT molecular complexity index is 945. The SMILES string of the molecule is CCCCNC(=O)CCn1cnc2c([nH]c3ccc(F)cc32)c1=O. The molecule has 0 bridgehead atoms. The fraction of sp³-hybridized carbons (Fsp3) is 0.353. The molecule has 0 aliphatic rings. The molecule has 6 nitrogen and oxygen atoms in total. The van der Waals surface area contributed by atoms with Gasteiger partial charge in [0.05, 0.1) is 6.33 Å². The van der Waals surface area contributed by atoms with Crippen molar-refractivity contribution in [2.24, 2.45) is 0 Å². The number of halogens is 1. The summed E-state index contributed by atoms with van der Waals surface area (Å²) in [7, 11) is 0. The van der Waals surface area contributed by atoms with Gasteiger partial charge in [-0.05, 0) is 24.6 Å². The summed E-state index contributed by atoms with van der Waals surface area (Å²) < 4.78 is 14.8. The summed E-state index contributed by atoms with van der Waals surface area (Å²) in [6, 6.07) is 4.26. The van der Waals surface area contributed by atoms with Crippen LogP contribution >= 0.6 is 0 Å². The number of aromatic nitrogens is 3. The highest BCUT2D eigenvalue weighted by Gasteiger charge is 2.12. The normalized spacial score (nSPS) is 11.2. The van der Waals surface area contributed by atoms with Gasteiger partial charge in [-0.25, -0.2) is 9.37 Å². The van der Waals surface area contributed by atoms with Gasteiger partial charge in [0.1, 0.15) is 16.9 Å². The number of carbonyl (C=O) groups is 1. The lowest BCUT2D eigenvalue weighted by Crippen LogP contribution is -2.28. The van der Waals surface area contributed by atoms with Crippen molar-refractivity contribution >= 4 is 27.8 Å². The van der Waals surface area contributed by atoms with E-state index in [2.05, 4.69) is 22.2 Å². The Hall–Kier alpha value is -2.70. The van der Waals surface area contributed by atoms with Crippen molar-refractivity contribution in [3.63, 3.8) is 0 Å². The van der Waals surface area contributed by atoms with Crippen molar-refractivity contribution in [1.29, 1.82) is 0 Å². The van der Waals surface area contributed by atoms with Crippen molar-refractivity contribution < 1.29 is 9.18 Å². The molecule has 3 aromatic rings. The van der Waals surface area contributed by atoms with Crippen LogP contribution in [0.1, 0.15) is 26.2 Å². The molecule has 2 heterocycles. The molecule has 0 atom stereocenters. The number of fused-ring (bicyclic) bond motifs is 3. The zero-order valence-corrected chi connectivity index (χ0v) is 13.4. The predicted molar refractivity (Wildman–Crippen MR) is 90.4 cm³/mol. The van der Waals surface area contributed by atoms with Gasteiger partial charge in [0.15, 0.2) is 0 Å². The highest BCUT2D eigenvalue weighted by Crippen LogP contribution is 2.21. The van der Waals surface area contributed by atoms with E-state index in [0.717, 1.165) is 12.8 Å². The van der Waals surface area contributed by atoms with E-state index in [1.54, 1.807) is 6.07 Å². The molecule has 0 aliphatic heterocycles. The molecule has 126 valence electrons. The van der Waals surface area contributed by atoms with Crippen LogP contribution in [0.2, 0.25) is 0 Å². The number of hydrogen-bond donors (Lipinski definition) is 2. The van der Waals surface area contributed by atoms with Crippen molar-refractivity contribution in [1.82, 2.24) is 19.9 Å². The third kappa shape index (κ3) is 3.15. The number of nitrogens with zero attached hydrogens (tertiary/aromatic N) is 2. The molecular formula is C17H19FN4O2. The zero-order valence-electron chi connectivity index (χ0n) is 13.4. The molecule has 2 aromatic heterocycles. The van der Waals surface area contributed by atoms with Crippen LogP contribution in [0, 0.1) is 5.82 Å². The summed E-state index contributed by atoms with van der Waals surface area (Å²) in [5.41, 5.74) is 1.16. The first-order chi connectivity index (χ1) is 11.6. The Kier molecular flexibility index (Phi) is 4.59. The molecule has 0 spiro atoms. The van der Waals surface area contributed by atoms with Crippen molar-refractivity contribution in [2.45, 2.75) is 32.7 Å². The minimum Gasteiger partial charge on any atom is -0.356 e. The zero-order chi connectivity index (χ0) is 17.1.